The number of benzene rings is 1. The van der Waals surface area contributed by atoms with E-state index in [2.05, 4.69) is 65.8 Å². The smallest absolute Gasteiger partial charge is 0.124 e. The summed E-state index contributed by atoms with van der Waals surface area (Å²) in [6.07, 6.45) is 3.57. The summed E-state index contributed by atoms with van der Waals surface area (Å²) in [4.78, 5) is 0. The number of nitrogens with zero attached hydrogens (tertiary/aromatic N) is 1. The molecule has 0 unspecified atom stereocenters. The lowest BCUT2D eigenvalue weighted by atomic mass is 9.77. The number of aryl methyl sites for hydroxylation is 1. The molecule has 0 aliphatic carbocycles. The van der Waals surface area contributed by atoms with Crippen LogP contribution in [0.4, 0.5) is 0 Å². The quantitative estimate of drug-likeness (QED) is 0.645. The Kier molecular flexibility index (Phi) is 8.58. The summed E-state index contributed by atoms with van der Waals surface area (Å²) in [5.74, 6) is 0. The molecule has 0 atom stereocenters. The molecule has 0 heterocycles. The van der Waals surface area contributed by atoms with Crippen molar-refractivity contribution in [2.45, 2.75) is 66.3 Å². The third kappa shape index (κ3) is 3.29. The van der Waals surface area contributed by atoms with Crippen molar-refractivity contribution in [2.75, 3.05) is 19.6 Å². The van der Waals surface area contributed by atoms with E-state index in [0.717, 1.165) is 6.42 Å². The van der Waals surface area contributed by atoms with Gasteiger partial charge in [0.2, 0.25) is 0 Å². The van der Waals surface area contributed by atoms with Crippen LogP contribution in [0.2, 0.25) is 0 Å². The van der Waals surface area contributed by atoms with E-state index >= 15 is 0 Å². The molecule has 0 saturated carbocycles. The Labute approximate surface area is 138 Å². The van der Waals surface area contributed by atoms with Crippen molar-refractivity contribution in [1.82, 2.24) is 0 Å². The van der Waals surface area contributed by atoms with E-state index in [9.17, 15) is 0 Å². The molecule has 21 heavy (non-hydrogen) atoms. The minimum atomic E-state index is 0. The topological polar surface area (TPSA) is 0 Å². The van der Waals surface area contributed by atoms with Crippen molar-refractivity contribution in [3.63, 3.8) is 0 Å². The van der Waals surface area contributed by atoms with Gasteiger partial charge in [0.25, 0.3) is 0 Å². The van der Waals surface area contributed by atoms with Gasteiger partial charge in [-0.05, 0) is 32.8 Å². The van der Waals surface area contributed by atoms with Crippen molar-refractivity contribution in [1.29, 1.82) is 0 Å². The van der Waals surface area contributed by atoms with E-state index in [1.165, 1.54) is 42.5 Å². The second-order valence-corrected chi connectivity index (χ2v) is 5.84. The van der Waals surface area contributed by atoms with Gasteiger partial charge in [0.15, 0.2) is 0 Å². The fourth-order valence-corrected chi connectivity index (χ4v) is 4.42. The van der Waals surface area contributed by atoms with Gasteiger partial charge in [-0.1, -0.05) is 45.0 Å². The fraction of sp³-hybridized carbons (Fsp3) is 0.684. The van der Waals surface area contributed by atoms with Crippen LogP contribution in [0.3, 0.4) is 0 Å². The summed E-state index contributed by atoms with van der Waals surface area (Å²) in [6, 6.07) is 9.13. The van der Waals surface area contributed by atoms with Crippen LogP contribution < -0.4 is 12.4 Å². The molecule has 1 aromatic rings. The van der Waals surface area contributed by atoms with Gasteiger partial charge in [-0.25, -0.2) is 0 Å². The zero-order valence-corrected chi connectivity index (χ0v) is 15.6. The normalized spacial score (nSPS) is 12.1. The summed E-state index contributed by atoms with van der Waals surface area (Å²) in [6.45, 7) is 17.8. The van der Waals surface area contributed by atoms with Gasteiger partial charge >= 0.3 is 0 Å². The van der Waals surface area contributed by atoms with Crippen molar-refractivity contribution in [2.24, 2.45) is 0 Å². The largest absolute Gasteiger partial charge is 1.00 e. The van der Waals surface area contributed by atoms with Crippen LogP contribution in [0.25, 0.3) is 0 Å². The average molecular weight is 312 g/mol. The lowest BCUT2D eigenvalue weighted by Crippen LogP contribution is -3.00. The number of rotatable bonds is 8. The highest BCUT2D eigenvalue weighted by atomic mass is 35.5. The van der Waals surface area contributed by atoms with Gasteiger partial charge in [0.05, 0.1) is 19.6 Å². The minimum absolute atomic E-state index is 0. The van der Waals surface area contributed by atoms with Gasteiger partial charge < -0.3 is 16.9 Å². The van der Waals surface area contributed by atoms with Gasteiger partial charge in [-0.15, -0.1) is 0 Å². The number of quaternary nitrogens is 1. The average Bonchev–Trinajstić information content (AvgIpc) is 2.53. The first kappa shape index (κ1) is 20.5. The highest BCUT2D eigenvalue weighted by molar-refractivity contribution is 5.32. The number of halogens is 1. The molecule has 1 rings (SSSR count). The molecule has 0 aliphatic heterocycles. The number of hydrogen-bond donors (Lipinski definition) is 0. The Morgan fingerprint density at radius 2 is 1.29 bits per heavy atom. The maximum Gasteiger partial charge on any atom is 0.124 e. The Hall–Kier alpha value is -0.530. The third-order valence-electron chi connectivity index (χ3n) is 5.79. The molecule has 0 saturated heterocycles. The van der Waals surface area contributed by atoms with Gasteiger partial charge in [0.1, 0.15) is 5.54 Å². The standard InChI is InChI=1S/C19H34N.ClH/c1-7-17-15-13-14-16-18(17)19(8-2,9-3)20(10-4,11-5)12-6;/h13-16H,7-12H2,1-6H3;1H/q+1;/p-1. The Morgan fingerprint density at radius 1 is 0.810 bits per heavy atom. The maximum absolute atomic E-state index is 2.39. The molecule has 0 aliphatic rings. The molecular weight excluding hydrogens is 278 g/mol. The molecule has 0 fully saturated rings. The highest BCUT2D eigenvalue weighted by Crippen LogP contribution is 2.43. The fourth-order valence-electron chi connectivity index (χ4n) is 4.42. The first-order valence-electron chi connectivity index (χ1n) is 8.55. The van der Waals surface area contributed by atoms with Crippen LogP contribution in [-0.2, 0) is 12.0 Å². The van der Waals surface area contributed by atoms with E-state index in [1.807, 2.05) is 0 Å². The van der Waals surface area contributed by atoms with Crippen LogP contribution in [0.5, 0.6) is 0 Å². The van der Waals surface area contributed by atoms with Crippen LogP contribution in [-0.4, -0.2) is 24.1 Å². The van der Waals surface area contributed by atoms with Crippen LogP contribution >= 0.6 is 0 Å². The summed E-state index contributed by atoms with van der Waals surface area (Å²) in [5.41, 5.74) is 3.40. The van der Waals surface area contributed by atoms with Crippen molar-refractivity contribution in [3.05, 3.63) is 35.4 Å². The summed E-state index contributed by atoms with van der Waals surface area (Å²) >= 11 is 0. The molecule has 122 valence electrons. The first-order chi connectivity index (χ1) is 9.61. The second kappa shape index (κ2) is 8.80. The molecule has 0 N–H and O–H groups in total. The van der Waals surface area contributed by atoms with E-state index < -0.39 is 0 Å². The molecule has 0 amide bonds. The Morgan fingerprint density at radius 3 is 1.67 bits per heavy atom. The maximum atomic E-state index is 2.39. The predicted molar refractivity (Wildman–Crippen MR) is 90.0 cm³/mol. The molecule has 0 aromatic heterocycles. The van der Waals surface area contributed by atoms with Gasteiger partial charge in [0, 0.05) is 18.4 Å². The second-order valence-electron chi connectivity index (χ2n) is 5.84. The molecule has 1 nitrogen and oxygen atoms in total. The molecule has 0 radical (unpaired) electrons. The van der Waals surface area contributed by atoms with Crippen LogP contribution in [0, 0.1) is 0 Å². The lowest BCUT2D eigenvalue weighted by molar-refractivity contribution is -0.980. The molecule has 1 aromatic carbocycles. The summed E-state index contributed by atoms with van der Waals surface area (Å²) in [5, 5.41) is 0. The lowest BCUT2D eigenvalue weighted by Gasteiger charge is -2.53. The zero-order valence-electron chi connectivity index (χ0n) is 14.9. The van der Waals surface area contributed by atoms with E-state index in [-0.39, 0.29) is 17.9 Å². The van der Waals surface area contributed by atoms with Crippen LogP contribution in [0.15, 0.2) is 24.3 Å². The molecular formula is C19H34ClN. The van der Waals surface area contributed by atoms with Crippen molar-refractivity contribution in [3.8, 4) is 0 Å². The van der Waals surface area contributed by atoms with E-state index in [1.54, 1.807) is 5.56 Å². The predicted octanol–water partition coefficient (Wildman–Crippen LogP) is 2.14. The SMILES string of the molecule is CCc1ccccc1C(CC)(CC)[N+](CC)(CC)CC.[Cl-]. The summed E-state index contributed by atoms with van der Waals surface area (Å²) in [7, 11) is 0. The zero-order chi connectivity index (χ0) is 15.2. The molecule has 0 spiro atoms. The first-order valence-corrected chi connectivity index (χ1v) is 8.55. The summed E-state index contributed by atoms with van der Waals surface area (Å²) < 4.78 is 1.21. The van der Waals surface area contributed by atoms with Crippen LogP contribution in [0.1, 0.15) is 65.5 Å². The van der Waals surface area contributed by atoms with Crippen molar-refractivity contribution >= 4 is 0 Å². The van der Waals surface area contributed by atoms with Crippen molar-refractivity contribution < 1.29 is 16.9 Å². The Bertz CT molecular complexity index is 398. The monoisotopic (exact) mass is 311 g/mol. The van der Waals surface area contributed by atoms with E-state index in [0.29, 0.717) is 0 Å². The Balaban J connectivity index is 0.00000400. The molecule has 2 heteroatoms. The molecule has 0 bridgehead atoms. The highest BCUT2D eigenvalue weighted by Gasteiger charge is 2.47. The van der Waals surface area contributed by atoms with Gasteiger partial charge in [-0.3, -0.25) is 0 Å². The third-order valence-corrected chi connectivity index (χ3v) is 5.79. The van der Waals surface area contributed by atoms with E-state index in [4.69, 9.17) is 0 Å². The minimum Gasteiger partial charge on any atom is -1.00 e. The number of hydrogen-bond acceptors (Lipinski definition) is 0. The van der Waals surface area contributed by atoms with Gasteiger partial charge in [-0.2, -0.15) is 0 Å².